The van der Waals surface area contributed by atoms with Gasteiger partial charge in [0.1, 0.15) is 0 Å². The maximum absolute atomic E-state index is 12.0. The average molecular weight is 335 g/mol. The molecule has 0 spiro atoms. The smallest absolute Gasteiger partial charge is 0.337 e. The molecular weight excluding hydrogens is 311 g/mol. The highest BCUT2D eigenvalue weighted by molar-refractivity contribution is 5.94. The zero-order valence-electron chi connectivity index (χ0n) is 13.1. The van der Waals surface area contributed by atoms with E-state index in [2.05, 4.69) is 10.2 Å². The van der Waals surface area contributed by atoms with E-state index < -0.39 is 31.1 Å². The normalized spacial score (nSPS) is 25.0. The average Bonchev–Trinajstić information content (AvgIpc) is 2.92. The molecule has 0 radical (unpaired) electrons. The fraction of sp³-hybridized carbons (Fsp3) is 0.867. The first kappa shape index (κ1) is 18.0. The highest BCUT2D eigenvalue weighted by atomic mass is 19.4. The highest BCUT2D eigenvalue weighted by Gasteiger charge is 2.34. The topological polar surface area (TPSA) is 61.4 Å². The molecule has 0 aromatic rings. The summed E-state index contributed by atoms with van der Waals surface area (Å²) < 4.78 is 35.9. The lowest BCUT2D eigenvalue weighted by Gasteiger charge is -2.37. The second-order valence-electron chi connectivity index (χ2n) is 6.36. The van der Waals surface area contributed by atoms with Crippen LogP contribution in [0.25, 0.3) is 0 Å². The van der Waals surface area contributed by atoms with E-state index in [-0.39, 0.29) is 6.42 Å². The number of alkyl halides is 3. The lowest BCUT2D eigenvalue weighted by Crippen LogP contribution is -2.45. The molecule has 2 fully saturated rings. The number of piperidine rings is 1. The molecule has 2 aliphatic rings. The fourth-order valence-electron chi connectivity index (χ4n) is 3.63. The molecule has 2 rings (SSSR count). The molecule has 2 N–H and O–H groups in total. The van der Waals surface area contributed by atoms with Crippen LogP contribution in [0.5, 0.6) is 0 Å². The van der Waals surface area contributed by atoms with Crippen LogP contribution in [-0.2, 0) is 4.79 Å². The minimum Gasteiger partial charge on any atom is -0.337 e. The van der Waals surface area contributed by atoms with Crippen molar-refractivity contribution < 1.29 is 22.8 Å². The Morgan fingerprint density at radius 2 is 1.87 bits per heavy atom. The van der Waals surface area contributed by atoms with Gasteiger partial charge >= 0.3 is 12.2 Å². The number of hydrogen-bond donors (Lipinski definition) is 2. The molecule has 0 aromatic heterocycles. The van der Waals surface area contributed by atoms with E-state index >= 15 is 0 Å². The van der Waals surface area contributed by atoms with Gasteiger partial charge in [0.15, 0.2) is 0 Å². The molecule has 0 bridgehead atoms. The van der Waals surface area contributed by atoms with Gasteiger partial charge in [-0.3, -0.25) is 15.0 Å². The van der Waals surface area contributed by atoms with E-state index in [1.165, 1.54) is 25.7 Å². The van der Waals surface area contributed by atoms with Crippen LogP contribution >= 0.6 is 0 Å². The van der Waals surface area contributed by atoms with Crippen LogP contribution in [0.2, 0.25) is 0 Å². The molecule has 8 heteroatoms. The summed E-state index contributed by atoms with van der Waals surface area (Å²) in [7, 11) is 0. The maximum Gasteiger partial charge on any atom is 0.390 e. The Hall–Kier alpha value is -1.31. The van der Waals surface area contributed by atoms with E-state index in [1.807, 2.05) is 5.32 Å². The number of urea groups is 1. The van der Waals surface area contributed by atoms with Crippen molar-refractivity contribution in [1.82, 2.24) is 15.5 Å². The Balaban J connectivity index is 1.63. The largest absolute Gasteiger partial charge is 0.390 e. The molecule has 1 saturated carbocycles. The number of imide groups is 1. The predicted octanol–water partition coefficient (Wildman–Crippen LogP) is 2.42. The van der Waals surface area contributed by atoms with Gasteiger partial charge in [0.05, 0.1) is 6.42 Å². The zero-order chi connectivity index (χ0) is 16.9. The summed E-state index contributed by atoms with van der Waals surface area (Å²) in [6.07, 6.45) is 0.833. The minimum absolute atomic E-state index is 0.190. The molecule has 0 unspecified atom stereocenters. The summed E-state index contributed by atoms with van der Waals surface area (Å²) in [5.74, 6) is 0.284. The second kappa shape index (κ2) is 7.99. The van der Waals surface area contributed by atoms with Gasteiger partial charge in [0.2, 0.25) is 5.91 Å². The van der Waals surface area contributed by atoms with Crippen LogP contribution < -0.4 is 10.6 Å². The Morgan fingerprint density at radius 3 is 2.61 bits per heavy atom. The number of carbonyl (C=O) groups is 2. The Bertz CT molecular complexity index is 429. The lowest BCUT2D eigenvalue weighted by atomic mass is 9.92. The molecule has 23 heavy (non-hydrogen) atoms. The Labute approximate surface area is 134 Å². The van der Waals surface area contributed by atoms with Gasteiger partial charge in [-0.05, 0) is 38.1 Å². The van der Waals surface area contributed by atoms with Crippen LogP contribution in [-0.4, -0.2) is 48.7 Å². The molecule has 1 heterocycles. The van der Waals surface area contributed by atoms with Crippen molar-refractivity contribution in [2.45, 2.75) is 57.2 Å². The second-order valence-corrected chi connectivity index (χ2v) is 6.36. The molecular formula is C15H24F3N3O2. The number of halogens is 3. The lowest BCUT2D eigenvalue weighted by molar-refractivity contribution is -0.132. The SMILES string of the molecule is O=C(CCN1CCC[C@H]2CCC[C@@H]21)NC(=O)NCCC(F)(F)F. The summed E-state index contributed by atoms with van der Waals surface area (Å²) in [5, 5.41) is 4.12. The van der Waals surface area contributed by atoms with Crippen LogP contribution in [0, 0.1) is 5.92 Å². The van der Waals surface area contributed by atoms with Crippen molar-refractivity contribution in [1.29, 1.82) is 0 Å². The molecule has 3 amide bonds. The van der Waals surface area contributed by atoms with Crippen LogP contribution in [0.3, 0.4) is 0 Å². The highest BCUT2D eigenvalue weighted by Crippen LogP contribution is 2.36. The molecule has 1 saturated heterocycles. The van der Waals surface area contributed by atoms with Crippen LogP contribution in [0.15, 0.2) is 0 Å². The minimum atomic E-state index is -4.32. The third-order valence-corrected chi connectivity index (χ3v) is 4.68. The van der Waals surface area contributed by atoms with E-state index in [0.717, 1.165) is 18.9 Å². The number of carbonyl (C=O) groups excluding carboxylic acids is 2. The fourth-order valence-corrected chi connectivity index (χ4v) is 3.63. The summed E-state index contributed by atoms with van der Waals surface area (Å²) in [6, 6.07) is -0.311. The van der Waals surface area contributed by atoms with E-state index in [0.29, 0.717) is 12.6 Å². The third-order valence-electron chi connectivity index (χ3n) is 4.68. The third kappa shape index (κ3) is 6.01. The standard InChI is InChI=1S/C15H24F3N3O2/c16-15(17,18)7-8-19-14(23)20-13(22)6-10-21-9-2-4-11-3-1-5-12(11)21/h11-12H,1-10H2,(H2,19,20,22,23)/t11-,12+/m1/s1. The molecule has 2 atom stereocenters. The number of hydrogen-bond acceptors (Lipinski definition) is 3. The van der Waals surface area contributed by atoms with Gasteiger partial charge in [0, 0.05) is 25.6 Å². The number of nitrogens with one attached hydrogen (secondary N) is 2. The Kier molecular flexibility index (Phi) is 6.26. The van der Waals surface area contributed by atoms with Crippen molar-refractivity contribution >= 4 is 11.9 Å². The van der Waals surface area contributed by atoms with E-state index in [4.69, 9.17) is 0 Å². The first-order valence-corrected chi connectivity index (χ1v) is 8.23. The summed E-state index contributed by atoms with van der Waals surface area (Å²) in [6.45, 7) is 1.05. The van der Waals surface area contributed by atoms with Crippen LogP contribution in [0.4, 0.5) is 18.0 Å². The van der Waals surface area contributed by atoms with Gasteiger partial charge in [-0.25, -0.2) is 4.79 Å². The van der Waals surface area contributed by atoms with Gasteiger partial charge in [-0.15, -0.1) is 0 Å². The van der Waals surface area contributed by atoms with Crippen molar-refractivity contribution in [2.24, 2.45) is 5.92 Å². The van der Waals surface area contributed by atoms with E-state index in [1.54, 1.807) is 0 Å². The molecule has 1 aliphatic carbocycles. The maximum atomic E-state index is 12.0. The van der Waals surface area contributed by atoms with Gasteiger partial charge in [-0.2, -0.15) is 13.2 Å². The van der Waals surface area contributed by atoms with Gasteiger partial charge in [0.25, 0.3) is 0 Å². The number of fused-ring (bicyclic) bond motifs is 1. The predicted molar refractivity (Wildman–Crippen MR) is 78.8 cm³/mol. The van der Waals surface area contributed by atoms with Crippen molar-refractivity contribution in [2.75, 3.05) is 19.6 Å². The van der Waals surface area contributed by atoms with Crippen LogP contribution in [0.1, 0.15) is 44.9 Å². The molecule has 5 nitrogen and oxygen atoms in total. The summed E-state index contributed by atoms with van der Waals surface area (Å²) in [5.41, 5.74) is 0. The molecule has 132 valence electrons. The molecule has 1 aliphatic heterocycles. The number of likely N-dealkylation sites (tertiary alicyclic amines) is 1. The Morgan fingerprint density at radius 1 is 1.13 bits per heavy atom. The van der Waals surface area contributed by atoms with Crippen molar-refractivity contribution in [3.63, 3.8) is 0 Å². The van der Waals surface area contributed by atoms with Crippen molar-refractivity contribution in [3.8, 4) is 0 Å². The van der Waals surface area contributed by atoms with Gasteiger partial charge in [-0.1, -0.05) is 6.42 Å². The number of nitrogens with zero attached hydrogens (tertiary/aromatic N) is 1. The quantitative estimate of drug-likeness (QED) is 0.811. The summed E-state index contributed by atoms with van der Waals surface area (Å²) >= 11 is 0. The summed E-state index contributed by atoms with van der Waals surface area (Å²) in [4.78, 5) is 25.4. The first-order chi connectivity index (χ1) is 10.8. The van der Waals surface area contributed by atoms with E-state index in [9.17, 15) is 22.8 Å². The zero-order valence-corrected chi connectivity index (χ0v) is 13.1. The van der Waals surface area contributed by atoms with Crippen molar-refractivity contribution in [3.05, 3.63) is 0 Å². The first-order valence-electron chi connectivity index (χ1n) is 8.23. The molecule has 0 aromatic carbocycles. The number of rotatable bonds is 5. The number of amides is 3. The monoisotopic (exact) mass is 335 g/mol. The van der Waals surface area contributed by atoms with Gasteiger partial charge < -0.3 is 5.32 Å².